The molecule has 4 heteroatoms. The Hall–Kier alpha value is -2.59. The highest BCUT2D eigenvalue weighted by atomic mass is 32.2. The maximum absolute atomic E-state index is 12.3. The second-order valence-electron chi connectivity index (χ2n) is 6.46. The lowest BCUT2D eigenvalue weighted by molar-refractivity contribution is -0.120. The summed E-state index contributed by atoms with van der Waals surface area (Å²) in [5.74, 6) is -0.0963. The third-order valence-corrected chi connectivity index (χ3v) is 5.83. The molecule has 130 valence electrons. The molecule has 1 aliphatic rings. The molecule has 0 bridgehead atoms. The summed E-state index contributed by atoms with van der Waals surface area (Å²) < 4.78 is 0. The van der Waals surface area contributed by atoms with E-state index in [-0.39, 0.29) is 11.2 Å². The number of hydrazone groups is 1. The molecular formula is C22H20N2OS. The molecule has 0 radical (unpaired) electrons. The average molecular weight is 360 g/mol. The highest BCUT2D eigenvalue weighted by molar-refractivity contribution is 8.00. The molecule has 3 aromatic rings. The maximum Gasteiger partial charge on any atom is 0.253 e. The minimum Gasteiger partial charge on any atom is -0.272 e. The molecule has 1 N–H and O–H groups in total. The Balaban J connectivity index is 1.46. The zero-order chi connectivity index (χ0) is 17.9. The molecule has 4 rings (SSSR count). The molecule has 0 unspecified atom stereocenters. The van der Waals surface area contributed by atoms with E-state index in [1.165, 1.54) is 33.7 Å². The van der Waals surface area contributed by atoms with Crippen molar-refractivity contribution in [1.29, 1.82) is 0 Å². The van der Waals surface area contributed by atoms with E-state index in [1.807, 2.05) is 37.3 Å². The molecular weight excluding hydrogens is 340 g/mol. The maximum atomic E-state index is 12.3. The first-order valence-corrected chi connectivity index (χ1v) is 9.68. The van der Waals surface area contributed by atoms with Crippen molar-refractivity contribution in [1.82, 2.24) is 5.43 Å². The zero-order valence-electron chi connectivity index (χ0n) is 14.6. The topological polar surface area (TPSA) is 41.5 Å². The molecule has 0 aliphatic heterocycles. The van der Waals surface area contributed by atoms with Crippen LogP contribution >= 0.6 is 11.8 Å². The first-order valence-electron chi connectivity index (χ1n) is 8.80. The molecule has 1 atom stereocenters. The van der Waals surface area contributed by atoms with Gasteiger partial charge in [0.2, 0.25) is 0 Å². The van der Waals surface area contributed by atoms with E-state index in [0.29, 0.717) is 0 Å². The Kier molecular flexibility index (Phi) is 4.76. The molecule has 0 saturated heterocycles. The normalized spacial score (nSPS) is 14.0. The summed E-state index contributed by atoms with van der Waals surface area (Å²) in [5, 5.41) is 6.56. The Morgan fingerprint density at radius 1 is 1.04 bits per heavy atom. The van der Waals surface area contributed by atoms with Gasteiger partial charge in [0.25, 0.3) is 5.91 Å². The smallest absolute Gasteiger partial charge is 0.253 e. The van der Waals surface area contributed by atoms with Crippen LogP contribution in [0.4, 0.5) is 0 Å². The fourth-order valence-corrected chi connectivity index (χ4v) is 4.28. The SMILES string of the molecule is C[C@H](Sc1ccccc1)C(=O)N/N=C\c1ccc2c3c(cccc13)CC2. The van der Waals surface area contributed by atoms with E-state index in [9.17, 15) is 4.79 Å². The highest BCUT2D eigenvalue weighted by Crippen LogP contribution is 2.32. The van der Waals surface area contributed by atoms with Crippen LogP contribution in [-0.4, -0.2) is 17.4 Å². The fourth-order valence-electron chi connectivity index (χ4n) is 3.40. The molecule has 0 saturated carbocycles. The predicted octanol–water partition coefficient (Wildman–Crippen LogP) is 4.57. The van der Waals surface area contributed by atoms with Gasteiger partial charge in [0.05, 0.1) is 11.5 Å². The van der Waals surface area contributed by atoms with Crippen molar-refractivity contribution < 1.29 is 4.79 Å². The number of thioether (sulfide) groups is 1. The van der Waals surface area contributed by atoms with Gasteiger partial charge in [-0.15, -0.1) is 11.8 Å². The Labute approximate surface area is 157 Å². The van der Waals surface area contributed by atoms with E-state index in [4.69, 9.17) is 0 Å². The number of nitrogens with one attached hydrogen (secondary N) is 1. The first kappa shape index (κ1) is 16.9. The summed E-state index contributed by atoms with van der Waals surface area (Å²) in [6.07, 6.45) is 3.97. The average Bonchev–Trinajstić information content (AvgIpc) is 3.09. The molecule has 1 amide bonds. The lowest BCUT2D eigenvalue weighted by atomic mass is 10.0. The molecule has 0 heterocycles. The third kappa shape index (κ3) is 3.37. The van der Waals surface area contributed by atoms with Gasteiger partial charge >= 0.3 is 0 Å². The number of rotatable bonds is 5. The van der Waals surface area contributed by atoms with Crippen molar-refractivity contribution in [2.24, 2.45) is 5.10 Å². The third-order valence-electron chi connectivity index (χ3n) is 4.71. The van der Waals surface area contributed by atoms with Gasteiger partial charge in [-0.25, -0.2) is 5.43 Å². The number of benzene rings is 3. The monoisotopic (exact) mass is 360 g/mol. The summed E-state index contributed by atoms with van der Waals surface area (Å²) in [7, 11) is 0. The van der Waals surface area contributed by atoms with Crippen LogP contribution in [-0.2, 0) is 17.6 Å². The second kappa shape index (κ2) is 7.34. The van der Waals surface area contributed by atoms with Crippen LogP contribution in [0.5, 0.6) is 0 Å². The molecule has 0 fully saturated rings. The molecule has 1 aliphatic carbocycles. The summed E-state index contributed by atoms with van der Waals surface area (Å²) >= 11 is 1.53. The number of hydrogen-bond donors (Lipinski definition) is 1. The number of amides is 1. The molecule has 26 heavy (non-hydrogen) atoms. The number of carbonyl (C=O) groups is 1. The number of aryl methyl sites for hydroxylation is 2. The van der Waals surface area contributed by atoms with Crippen molar-refractivity contribution in [3.05, 3.63) is 77.4 Å². The van der Waals surface area contributed by atoms with Crippen molar-refractivity contribution in [3.8, 4) is 0 Å². The zero-order valence-corrected chi connectivity index (χ0v) is 15.4. The summed E-state index contributed by atoms with van der Waals surface area (Å²) in [4.78, 5) is 13.3. The second-order valence-corrected chi connectivity index (χ2v) is 7.88. The van der Waals surface area contributed by atoms with Gasteiger partial charge in [-0.05, 0) is 53.8 Å². The van der Waals surface area contributed by atoms with Crippen molar-refractivity contribution >= 4 is 34.7 Å². The van der Waals surface area contributed by atoms with Crippen LogP contribution in [0.1, 0.15) is 23.6 Å². The van der Waals surface area contributed by atoms with Gasteiger partial charge in [-0.2, -0.15) is 5.10 Å². The van der Waals surface area contributed by atoms with Crippen LogP contribution in [0.25, 0.3) is 10.8 Å². The van der Waals surface area contributed by atoms with E-state index < -0.39 is 0 Å². The van der Waals surface area contributed by atoms with Crippen molar-refractivity contribution in [2.75, 3.05) is 0 Å². The van der Waals surface area contributed by atoms with E-state index in [0.717, 1.165) is 23.3 Å². The molecule has 3 aromatic carbocycles. The lowest BCUT2D eigenvalue weighted by Crippen LogP contribution is -2.26. The van der Waals surface area contributed by atoms with Gasteiger partial charge < -0.3 is 0 Å². The van der Waals surface area contributed by atoms with E-state index in [2.05, 4.69) is 40.9 Å². The molecule has 3 nitrogen and oxygen atoms in total. The molecule has 0 spiro atoms. The number of hydrogen-bond acceptors (Lipinski definition) is 3. The van der Waals surface area contributed by atoms with Crippen molar-refractivity contribution in [3.63, 3.8) is 0 Å². The predicted molar refractivity (Wildman–Crippen MR) is 109 cm³/mol. The quantitative estimate of drug-likeness (QED) is 0.411. The highest BCUT2D eigenvalue weighted by Gasteiger charge is 2.16. The lowest BCUT2D eigenvalue weighted by Gasteiger charge is -2.09. The van der Waals surface area contributed by atoms with E-state index in [1.54, 1.807) is 6.21 Å². The number of carbonyl (C=O) groups excluding carboxylic acids is 1. The Morgan fingerprint density at radius 2 is 1.81 bits per heavy atom. The standard InChI is InChI=1S/C22H20N2OS/c1-15(26-19-7-3-2-4-8-19)22(25)24-23-14-18-13-12-17-11-10-16-6-5-9-20(18)21(16)17/h2-9,12-15H,10-11H2,1H3,(H,24,25)/b23-14-/t15-/m0/s1. The van der Waals surface area contributed by atoms with E-state index >= 15 is 0 Å². The Morgan fingerprint density at radius 3 is 2.62 bits per heavy atom. The van der Waals surface area contributed by atoms with Gasteiger partial charge in [0.15, 0.2) is 0 Å². The summed E-state index contributed by atoms with van der Waals surface area (Å²) in [5.41, 5.74) is 6.52. The molecule has 0 aromatic heterocycles. The largest absolute Gasteiger partial charge is 0.272 e. The van der Waals surface area contributed by atoms with Crippen LogP contribution in [0.15, 0.2) is 70.7 Å². The van der Waals surface area contributed by atoms with Gasteiger partial charge in [0.1, 0.15) is 0 Å². The summed E-state index contributed by atoms with van der Waals surface area (Å²) in [6.45, 7) is 1.89. The van der Waals surface area contributed by atoms with Crippen LogP contribution < -0.4 is 5.43 Å². The Bertz CT molecular complexity index is 972. The van der Waals surface area contributed by atoms with Gasteiger partial charge in [-0.3, -0.25) is 4.79 Å². The van der Waals surface area contributed by atoms with Crippen LogP contribution in [0, 0.1) is 0 Å². The van der Waals surface area contributed by atoms with Crippen LogP contribution in [0.3, 0.4) is 0 Å². The minimum absolute atomic E-state index is 0.0963. The van der Waals surface area contributed by atoms with Gasteiger partial charge in [0, 0.05) is 10.5 Å². The van der Waals surface area contributed by atoms with Gasteiger partial charge in [-0.1, -0.05) is 48.5 Å². The summed E-state index contributed by atoms with van der Waals surface area (Å²) in [6, 6.07) is 20.6. The first-order chi connectivity index (χ1) is 12.7. The number of nitrogens with zero attached hydrogens (tertiary/aromatic N) is 1. The fraction of sp³-hybridized carbons (Fsp3) is 0.182. The minimum atomic E-state index is -0.206. The van der Waals surface area contributed by atoms with Crippen LogP contribution in [0.2, 0.25) is 0 Å². The van der Waals surface area contributed by atoms with Crippen molar-refractivity contribution in [2.45, 2.75) is 29.9 Å².